The highest BCUT2D eigenvalue weighted by molar-refractivity contribution is 9.10. The normalized spacial score (nSPS) is 19.4. The molecule has 19 heavy (non-hydrogen) atoms. The third-order valence-electron chi connectivity index (χ3n) is 3.93. The third kappa shape index (κ3) is 3.50. The first-order valence-electron chi connectivity index (χ1n) is 6.82. The molecule has 4 heteroatoms. The van der Waals surface area contributed by atoms with Gasteiger partial charge in [0, 0.05) is 18.1 Å². The number of aliphatic hydroxyl groups is 2. The van der Waals surface area contributed by atoms with Crippen LogP contribution in [0.25, 0.3) is 0 Å². The van der Waals surface area contributed by atoms with Gasteiger partial charge >= 0.3 is 0 Å². The molecule has 0 bridgehead atoms. The van der Waals surface area contributed by atoms with Crippen molar-refractivity contribution in [2.75, 3.05) is 18.5 Å². The molecule has 1 fully saturated rings. The van der Waals surface area contributed by atoms with Gasteiger partial charge in [0.1, 0.15) is 0 Å². The van der Waals surface area contributed by atoms with Gasteiger partial charge < -0.3 is 15.1 Å². The zero-order chi connectivity index (χ0) is 14.0. The van der Waals surface area contributed by atoms with Gasteiger partial charge in [0.15, 0.2) is 0 Å². The second-order valence-corrected chi connectivity index (χ2v) is 6.53. The van der Waals surface area contributed by atoms with Crippen molar-refractivity contribution in [3.05, 3.63) is 28.2 Å². The smallest absolute Gasteiger partial charge is 0.0821 e. The first-order valence-corrected chi connectivity index (χ1v) is 7.62. The summed E-state index contributed by atoms with van der Waals surface area (Å²) >= 11 is 3.55. The van der Waals surface area contributed by atoms with Crippen LogP contribution in [0.15, 0.2) is 22.7 Å². The van der Waals surface area contributed by atoms with Crippen LogP contribution in [0, 0.1) is 0 Å². The molecule has 1 aromatic carbocycles. The maximum atomic E-state index is 10.5. The summed E-state index contributed by atoms with van der Waals surface area (Å²) in [6.07, 6.45) is 3.55. The Morgan fingerprint density at radius 1 is 1.37 bits per heavy atom. The van der Waals surface area contributed by atoms with Crippen LogP contribution in [0.4, 0.5) is 5.69 Å². The lowest BCUT2D eigenvalue weighted by Crippen LogP contribution is -2.39. The highest BCUT2D eigenvalue weighted by atomic mass is 79.9. The molecule has 0 saturated heterocycles. The van der Waals surface area contributed by atoms with Crippen LogP contribution >= 0.6 is 15.9 Å². The minimum absolute atomic E-state index is 0.463. The number of hydrogen-bond acceptors (Lipinski definition) is 3. The van der Waals surface area contributed by atoms with Crippen molar-refractivity contribution in [3.8, 4) is 0 Å². The number of rotatable bonds is 4. The Labute approximate surface area is 123 Å². The van der Waals surface area contributed by atoms with E-state index in [0.717, 1.165) is 41.4 Å². The van der Waals surface area contributed by atoms with E-state index < -0.39 is 11.7 Å². The van der Waals surface area contributed by atoms with Crippen molar-refractivity contribution in [2.45, 2.75) is 44.3 Å². The third-order valence-corrected chi connectivity index (χ3v) is 4.57. The number of aliphatic hydroxyl groups excluding tert-OH is 1. The Bertz CT molecular complexity index is 442. The fourth-order valence-electron chi connectivity index (χ4n) is 2.81. The quantitative estimate of drug-likeness (QED) is 0.892. The van der Waals surface area contributed by atoms with Gasteiger partial charge in [-0.3, -0.25) is 0 Å². The molecular formula is C15H22BrNO2. The average molecular weight is 328 g/mol. The van der Waals surface area contributed by atoms with E-state index in [1.807, 2.05) is 25.2 Å². The highest BCUT2D eigenvalue weighted by Crippen LogP contribution is 2.34. The van der Waals surface area contributed by atoms with Gasteiger partial charge in [0.2, 0.25) is 0 Å². The number of anilines is 1. The summed E-state index contributed by atoms with van der Waals surface area (Å²) in [5, 5.41) is 20.0. The molecule has 0 amide bonds. The maximum Gasteiger partial charge on any atom is 0.0821 e. The molecule has 0 unspecified atom stereocenters. The molecule has 0 heterocycles. The van der Waals surface area contributed by atoms with Gasteiger partial charge in [-0.25, -0.2) is 0 Å². The van der Waals surface area contributed by atoms with Gasteiger partial charge in [-0.1, -0.05) is 18.9 Å². The first-order chi connectivity index (χ1) is 8.91. The number of nitrogens with zero attached hydrogens (tertiary/aromatic N) is 1. The summed E-state index contributed by atoms with van der Waals surface area (Å²) in [6.45, 7) is 2.41. The Balaban J connectivity index is 2.12. The lowest BCUT2D eigenvalue weighted by molar-refractivity contribution is 0.0559. The van der Waals surface area contributed by atoms with Gasteiger partial charge in [-0.15, -0.1) is 0 Å². The SMILES string of the molecule is C[C@H](O)c1ccc(N(C)CC2(O)CCCC2)c(Br)c1. The molecule has 2 rings (SSSR count). The van der Waals surface area contributed by atoms with Gasteiger partial charge in [0.05, 0.1) is 17.4 Å². The summed E-state index contributed by atoms with van der Waals surface area (Å²) in [5.41, 5.74) is 1.39. The Hall–Kier alpha value is -0.580. The van der Waals surface area contributed by atoms with Gasteiger partial charge in [-0.05, 0) is 53.4 Å². The van der Waals surface area contributed by atoms with Crippen molar-refractivity contribution in [2.24, 2.45) is 0 Å². The van der Waals surface area contributed by atoms with Crippen molar-refractivity contribution in [3.63, 3.8) is 0 Å². The van der Waals surface area contributed by atoms with E-state index in [1.54, 1.807) is 6.92 Å². The minimum atomic E-state index is -0.545. The number of halogens is 1. The molecular weight excluding hydrogens is 306 g/mol. The first kappa shape index (κ1) is 14.8. The summed E-state index contributed by atoms with van der Waals surface area (Å²) in [5.74, 6) is 0. The van der Waals surface area contributed by atoms with Crippen LogP contribution in [0.5, 0.6) is 0 Å². The monoisotopic (exact) mass is 327 g/mol. The molecule has 0 spiro atoms. The minimum Gasteiger partial charge on any atom is -0.389 e. The highest BCUT2D eigenvalue weighted by Gasteiger charge is 2.32. The largest absolute Gasteiger partial charge is 0.389 e. The van der Waals surface area contributed by atoms with E-state index in [-0.39, 0.29) is 0 Å². The summed E-state index contributed by atoms with van der Waals surface area (Å²) in [6, 6.07) is 5.86. The second-order valence-electron chi connectivity index (χ2n) is 5.67. The molecule has 3 nitrogen and oxygen atoms in total. The summed E-state index contributed by atoms with van der Waals surface area (Å²) in [4.78, 5) is 2.08. The van der Waals surface area contributed by atoms with Crippen LogP contribution < -0.4 is 4.90 Å². The van der Waals surface area contributed by atoms with E-state index in [0.29, 0.717) is 6.54 Å². The molecule has 0 aliphatic heterocycles. The standard InChI is InChI=1S/C15H22BrNO2/c1-11(18)12-5-6-14(13(16)9-12)17(2)10-15(19)7-3-4-8-15/h5-6,9,11,18-19H,3-4,7-8,10H2,1-2H3/t11-/m0/s1. The zero-order valence-electron chi connectivity index (χ0n) is 11.6. The lowest BCUT2D eigenvalue weighted by Gasteiger charge is -2.30. The second kappa shape index (κ2) is 5.81. The molecule has 106 valence electrons. The molecule has 2 N–H and O–H groups in total. The van der Waals surface area contributed by atoms with Crippen LogP contribution in [0.1, 0.15) is 44.3 Å². The van der Waals surface area contributed by atoms with Crippen molar-refractivity contribution < 1.29 is 10.2 Å². The number of likely N-dealkylation sites (N-methyl/N-ethyl adjacent to an activating group) is 1. The van der Waals surface area contributed by atoms with Crippen molar-refractivity contribution in [1.29, 1.82) is 0 Å². The number of hydrogen-bond donors (Lipinski definition) is 2. The van der Waals surface area contributed by atoms with E-state index >= 15 is 0 Å². The van der Waals surface area contributed by atoms with Crippen LogP contribution in [0.2, 0.25) is 0 Å². The fourth-order valence-corrected chi connectivity index (χ4v) is 3.51. The zero-order valence-corrected chi connectivity index (χ0v) is 13.2. The van der Waals surface area contributed by atoms with E-state index in [4.69, 9.17) is 0 Å². The predicted octanol–water partition coefficient (Wildman–Crippen LogP) is 3.24. The molecule has 0 radical (unpaired) electrons. The van der Waals surface area contributed by atoms with E-state index in [1.165, 1.54) is 0 Å². The Morgan fingerprint density at radius 2 is 2.00 bits per heavy atom. The lowest BCUT2D eigenvalue weighted by atomic mass is 10.0. The Kier molecular flexibility index (Phi) is 4.54. The van der Waals surface area contributed by atoms with E-state index in [2.05, 4.69) is 20.8 Å². The van der Waals surface area contributed by atoms with E-state index in [9.17, 15) is 10.2 Å². The van der Waals surface area contributed by atoms with Gasteiger partial charge in [-0.2, -0.15) is 0 Å². The Morgan fingerprint density at radius 3 is 2.53 bits per heavy atom. The topological polar surface area (TPSA) is 43.7 Å². The molecule has 0 aromatic heterocycles. The van der Waals surface area contributed by atoms with Crippen molar-refractivity contribution >= 4 is 21.6 Å². The van der Waals surface area contributed by atoms with Crippen LogP contribution in [-0.4, -0.2) is 29.4 Å². The molecule has 1 aliphatic carbocycles. The predicted molar refractivity (Wildman–Crippen MR) is 81.5 cm³/mol. The van der Waals surface area contributed by atoms with Crippen LogP contribution in [0.3, 0.4) is 0 Å². The molecule has 1 atom stereocenters. The molecule has 1 saturated carbocycles. The summed E-state index contributed by atoms with van der Waals surface area (Å²) < 4.78 is 0.954. The number of benzene rings is 1. The molecule has 1 aromatic rings. The molecule has 1 aliphatic rings. The van der Waals surface area contributed by atoms with Crippen LogP contribution in [-0.2, 0) is 0 Å². The summed E-state index contributed by atoms with van der Waals surface area (Å²) in [7, 11) is 2.00. The van der Waals surface area contributed by atoms with Gasteiger partial charge in [0.25, 0.3) is 0 Å². The maximum absolute atomic E-state index is 10.5. The van der Waals surface area contributed by atoms with Crippen molar-refractivity contribution in [1.82, 2.24) is 0 Å². The average Bonchev–Trinajstić information content (AvgIpc) is 2.75. The fraction of sp³-hybridized carbons (Fsp3) is 0.600.